The molecular formula is C16H16NO4S-. The highest BCUT2D eigenvalue weighted by molar-refractivity contribution is 7.89. The molecule has 2 rings (SSSR count). The summed E-state index contributed by atoms with van der Waals surface area (Å²) in [5.41, 5.74) is 1.17. The van der Waals surface area contributed by atoms with Crippen LogP contribution >= 0.6 is 0 Å². The number of carbonyl (C=O) groups is 1. The van der Waals surface area contributed by atoms with E-state index in [2.05, 4.69) is 4.72 Å². The van der Waals surface area contributed by atoms with Gasteiger partial charge in [-0.2, -0.15) is 0 Å². The second-order valence-electron chi connectivity index (χ2n) is 4.93. The molecule has 22 heavy (non-hydrogen) atoms. The van der Waals surface area contributed by atoms with Gasteiger partial charge in [-0.3, -0.25) is 0 Å². The second kappa shape index (κ2) is 6.72. The van der Waals surface area contributed by atoms with Gasteiger partial charge < -0.3 is 9.90 Å². The van der Waals surface area contributed by atoms with E-state index in [9.17, 15) is 18.3 Å². The van der Waals surface area contributed by atoms with Gasteiger partial charge in [-0.15, -0.1) is 0 Å². The molecule has 0 unspecified atom stereocenters. The number of rotatable bonds is 6. The third kappa shape index (κ3) is 3.93. The first kappa shape index (κ1) is 16.2. The van der Waals surface area contributed by atoms with Gasteiger partial charge in [0.1, 0.15) is 0 Å². The Morgan fingerprint density at radius 1 is 1.09 bits per heavy atom. The highest BCUT2D eigenvalue weighted by atomic mass is 32.2. The average Bonchev–Trinajstić information content (AvgIpc) is 2.47. The molecule has 0 saturated carbocycles. The fraction of sp³-hybridized carbons (Fsp3) is 0.188. The first-order valence-electron chi connectivity index (χ1n) is 6.73. The van der Waals surface area contributed by atoms with Crippen molar-refractivity contribution < 1.29 is 18.3 Å². The van der Waals surface area contributed by atoms with Gasteiger partial charge in [0.15, 0.2) is 0 Å². The number of benzene rings is 2. The van der Waals surface area contributed by atoms with Crippen LogP contribution in [0.15, 0.2) is 59.5 Å². The normalized spacial score (nSPS) is 12.8. The number of hydrogen-bond acceptors (Lipinski definition) is 4. The summed E-state index contributed by atoms with van der Waals surface area (Å²) in [7, 11) is -3.83. The van der Waals surface area contributed by atoms with Gasteiger partial charge in [-0.05, 0) is 24.1 Å². The zero-order valence-electron chi connectivity index (χ0n) is 12.0. The molecule has 2 aromatic rings. The lowest BCUT2D eigenvalue weighted by molar-refractivity contribution is -0.306. The van der Waals surface area contributed by atoms with Crippen LogP contribution in [-0.4, -0.2) is 14.4 Å². The van der Waals surface area contributed by atoms with E-state index in [-0.39, 0.29) is 4.90 Å². The second-order valence-corrected chi connectivity index (χ2v) is 6.61. The summed E-state index contributed by atoms with van der Waals surface area (Å²) in [5.74, 6) is -1.32. The van der Waals surface area contributed by atoms with Crippen molar-refractivity contribution in [2.24, 2.45) is 0 Å². The van der Waals surface area contributed by atoms with Gasteiger partial charge in [0.05, 0.1) is 10.9 Å². The van der Waals surface area contributed by atoms with Crippen molar-refractivity contribution >= 4 is 16.0 Å². The molecule has 5 nitrogen and oxygen atoms in total. The lowest BCUT2D eigenvalue weighted by Gasteiger charge is -2.20. The summed E-state index contributed by atoms with van der Waals surface area (Å²) < 4.78 is 27.4. The SMILES string of the molecule is Cc1ccccc1S(=O)(=O)N[C@H](CC(=O)[O-])c1ccccc1. The molecular weight excluding hydrogens is 302 g/mol. The van der Waals surface area contributed by atoms with Crippen LogP contribution in [0.2, 0.25) is 0 Å². The Labute approximate surface area is 129 Å². The lowest BCUT2D eigenvalue weighted by Crippen LogP contribution is -2.34. The molecule has 0 aromatic heterocycles. The van der Waals surface area contributed by atoms with Gasteiger partial charge in [0.2, 0.25) is 10.0 Å². The molecule has 116 valence electrons. The standard InChI is InChI=1S/C16H17NO4S/c1-12-7-5-6-10-15(12)22(20,21)17-14(11-16(18)19)13-8-3-2-4-9-13/h2-10,14,17H,11H2,1H3,(H,18,19)/p-1/t14-/m1/s1. The van der Waals surface area contributed by atoms with Crippen LogP contribution in [0.1, 0.15) is 23.6 Å². The number of hydrogen-bond donors (Lipinski definition) is 1. The number of carboxylic acids is 1. The predicted octanol–water partition coefficient (Wildman–Crippen LogP) is 1.15. The highest BCUT2D eigenvalue weighted by Gasteiger charge is 2.22. The van der Waals surface area contributed by atoms with Crippen molar-refractivity contribution in [1.29, 1.82) is 0 Å². The molecule has 0 saturated heterocycles. The summed E-state index contributed by atoms with van der Waals surface area (Å²) in [6, 6.07) is 14.2. The van der Waals surface area contributed by atoms with E-state index >= 15 is 0 Å². The minimum atomic E-state index is -3.83. The molecule has 0 spiro atoms. The summed E-state index contributed by atoms with van der Waals surface area (Å²) in [4.78, 5) is 11.1. The van der Waals surface area contributed by atoms with E-state index in [0.717, 1.165) is 0 Å². The Kier molecular flexibility index (Phi) is 4.95. The first-order chi connectivity index (χ1) is 10.4. The van der Waals surface area contributed by atoms with Gasteiger partial charge in [0, 0.05) is 12.4 Å². The summed E-state index contributed by atoms with van der Waals surface area (Å²) in [6.07, 6.45) is -0.435. The van der Waals surface area contributed by atoms with Crippen molar-refractivity contribution in [3.63, 3.8) is 0 Å². The smallest absolute Gasteiger partial charge is 0.241 e. The highest BCUT2D eigenvalue weighted by Crippen LogP contribution is 2.21. The third-order valence-electron chi connectivity index (χ3n) is 3.25. The van der Waals surface area contributed by atoms with Crippen LogP contribution in [0.3, 0.4) is 0 Å². The largest absolute Gasteiger partial charge is 0.550 e. The topological polar surface area (TPSA) is 86.3 Å². The molecule has 0 bridgehead atoms. The molecule has 0 aliphatic heterocycles. The number of sulfonamides is 1. The zero-order valence-corrected chi connectivity index (χ0v) is 12.8. The number of aryl methyl sites for hydroxylation is 1. The maximum Gasteiger partial charge on any atom is 0.241 e. The molecule has 0 heterocycles. The number of nitrogens with one attached hydrogen (secondary N) is 1. The van der Waals surface area contributed by atoms with Gasteiger partial charge in [-0.1, -0.05) is 48.5 Å². The maximum absolute atomic E-state index is 12.5. The predicted molar refractivity (Wildman–Crippen MR) is 80.3 cm³/mol. The molecule has 1 atom stereocenters. The van der Waals surface area contributed by atoms with Crippen LogP contribution in [0.5, 0.6) is 0 Å². The molecule has 6 heteroatoms. The first-order valence-corrected chi connectivity index (χ1v) is 8.21. The molecule has 0 aliphatic carbocycles. The van der Waals surface area contributed by atoms with Gasteiger partial charge in [0.25, 0.3) is 0 Å². The minimum absolute atomic E-state index is 0.134. The molecule has 0 amide bonds. The van der Waals surface area contributed by atoms with Crippen LogP contribution in [-0.2, 0) is 14.8 Å². The van der Waals surface area contributed by atoms with E-state index in [1.165, 1.54) is 6.07 Å². The van der Waals surface area contributed by atoms with Crippen molar-refractivity contribution in [1.82, 2.24) is 4.72 Å². The minimum Gasteiger partial charge on any atom is -0.550 e. The average molecular weight is 318 g/mol. The van der Waals surface area contributed by atoms with Crippen LogP contribution < -0.4 is 9.83 Å². The molecule has 0 radical (unpaired) electrons. The Morgan fingerprint density at radius 3 is 2.27 bits per heavy atom. The van der Waals surface area contributed by atoms with Crippen LogP contribution in [0.4, 0.5) is 0 Å². The Hall–Kier alpha value is -2.18. The van der Waals surface area contributed by atoms with E-state index in [0.29, 0.717) is 11.1 Å². The fourth-order valence-electron chi connectivity index (χ4n) is 2.19. The van der Waals surface area contributed by atoms with E-state index in [4.69, 9.17) is 0 Å². The maximum atomic E-state index is 12.5. The Morgan fingerprint density at radius 2 is 1.68 bits per heavy atom. The zero-order chi connectivity index (χ0) is 16.2. The lowest BCUT2D eigenvalue weighted by atomic mass is 10.1. The Balaban J connectivity index is 2.35. The van der Waals surface area contributed by atoms with Crippen LogP contribution in [0, 0.1) is 6.92 Å². The van der Waals surface area contributed by atoms with Crippen molar-refractivity contribution in [2.45, 2.75) is 24.3 Å². The van der Waals surface area contributed by atoms with Crippen molar-refractivity contribution in [3.8, 4) is 0 Å². The number of carbonyl (C=O) groups excluding carboxylic acids is 1. The Bertz CT molecular complexity index is 757. The molecule has 1 N–H and O–H groups in total. The van der Waals surface area contributed by atoms with E-state index < -0.39 is 28.5 Å². The number of aliphatic carboxylic acids is 1. The number of carboxylic acid groups (broad SMARTS) is 1. The van der Waals surface area contributed by atoms with E-state index in [1.54, 1.807) is 55.5 Å². The van der Waals surface area contributed by atoms with Crippen molar-refractivity contribution in [2.75, 3.05) is 0 Å². The van der Waals surface area contributed by atoms with Gasteiger partial charge in [-0.25, -0.2) is 13.1 Å². The van der Waals surface area contributed by atoms with Crippen LogP contribution in [0.25, 0.3) is 0 Å². The van der Waals surface area contributed by atoms with Crippen molar-refractivity contribution in [3.05, 3.63) is 65.7 Å². The monoisotopic (exact) mass is 318 g/mol. The summed E-state index contributed by atoms with van der Waals surface area (Å²) in [5, 5.41) is 10.9. The third-order valence-corrected chi connectivity index (χ3v) is 4.89. The summed E-state index contributed by atoms with van der Waals surface area (Å²) in [6.45, 7) is 1.69. The fourth-order valence-corrected chi connectivity index (χ4v) is 3.66. The molecule has 2 aromatic carbocycles. The van der Waals surface area contributed by atoms with Gasteiger partial charge >= 0.3 is 0 Å². The molecule has 0 aliphatic rings. The summed E-state index contributed by atoms with van der Waals surface area (Å²) >= 11 is 0. The molecule has 0 fully saturated rings. The van der Waals surface area contributed by atoms with E-state index in [1.807, 2.05) is 0 Å². The quantitative estimate of drug-likeness (QED) is 0.866.